The van der Waals surface area contributed by atoms with E-state index in [-0.39, 0.29) is 13.5 Å². The van der Waals surface area contributed by atoms with Crippen molar-refractivity contribution in [2.45, 2.75) is 0 Å². The Morgan fingerprint density at radius 2 is 1.45 bits per heavy atom. The van der Waals surface area contributed by atoms with Gasteiger partial charge in [-0.2, -0.15) is 13.5 Å². The SMILES string of the molecule is S.c1cnc2ncccc2c1. The number of fused-ring (bicyclic) bond motifs is 1. The number of aromatic nitrogens is 2. The standard InChI is InChI=1S/C8H6N2.H2S/c1-3-7-4-2-6-10-8(7)9-5-1;/h1-6H;1H2. The molecule has 11 heavy (non-hydrogen) atoms. The molecule has 0 bridgehead atoms. The third-order valence-corrected chi connectivity index (χ3v) is 1.38. The van der Waals surface area contributed by atoms with Gasteiger partial charge in [0.25, 0.3) is 0 Å². The maximum atomic E-state index is 4.07. The van der Waals surface area contributed by atoms with E-state index >= 15 is 0 Å². The fourth-order valence-corrected chi connectivity index (χ4v) is 0.908. The van der Waals surface area contributed by atoms with Gasteiger partial charge in [-0.25, -0.2) is 9.97 Å². The topological polar surface area (TPSA) is 25.8 Å². The van der Waals surface area contributed by atoms with Crippen molar-refractivity contribution in [3.63, 3.8) is 0 Å². The number of hydrogen-bond donors (Lipinski definition) is 0. The minimum absolute atomic E-state index is 0. The Morgan fingerprint density at radius 1 is 0.909 bits per heavy atom. The molecule has 0 aliphatic rings. The maximum absolute atomic E-state index is 4.07. The molecule has 0 fully saturated rings. The van der Waals surface area contributed by atoms with E-state index in [0.29, 0.717) is 0 Å². The molecule has 0 N–H and O–H groups in total. The monoisotopic (exact) mass is 164 g/mol. The van der Waals surface area contributed by atoms with E-state index in [1.54, 1.807) is 12.4 Å². The Hall–Kier alpha value is -1.09. The van der Waals surface area contributed by atoms with Gasteiger partial charge in [0, 0.05) is 17.8 Å². The molecule has 0 saturated heterocycles. The van der Waals surface area contributed by atoms with E-state index in [9.17, 15) is 0 Å². The zero-order valence-corrected chi connectivity index (χ0v) is 6.86. The summed E-state index contributed by atoms with van der Waals surface area (Å²) in [6, 6.07) is 7.80. The molecule has 0 aromatic carbocycles. The van der Waals surface area contributed by atoms with Gasteiger partial charge in [-0.1, -0.05) is 0 Å². The Morgan fingerprint density at radius 3 is 1.91 bits per heavy atom. The van der Waals surface area contributed by atoms with Gasteiger partial charge in [0.15, 0.2) is 5.65 Å². The van der Waals surface area contributed by atoms with Crippen molar-refractivity contribution >= 4 is 24.5 Å². The molecule has 0 saturated carbocycles. The smallest absolute Gasteiger partial charge is 0.159 e. The summed E-state index contributed by atoms with van der Waals surface area (Å²) in [5, 5.41) is 1.09. The second kappa shape index (κ2) is 3.34. The van der Waals surface area contributed by atoms with E-state index in [1.807, 2.05) is 24.3 Å². The van der Waals surface area contributed by atoms with E-state index in [2.05, 4.69) is 9.97 Å². The van der Waals surface area contributed by atoms with Gasteiger partial charge in [0.05, 0.1) is 0 Å². The highest BCUT2D eigenvalue weighted by molar-refractivity contribution is 7.59. The lowest BCUT2D eigenvalue weighted by Crippen LogP contribution is -1.78. The first kappa shape index (κ1) is 8.01. The van der Waals surface area contributed by atoms with Crippen molar-refractivity contribution in [3.05, 3.63) is 36.7 Å². The summed E-state index contributed by atoms with van der Waals surface area (Å²) in [6.07, 6.45) is 3.49. The first-order valence-corrected chi connectivity index (χ1v) is 3.12. The Labute approximate surface area is 71.7 Å². The molecule has 2 nitrogen and oxygen atoms in total. The predicted molar refractivity (Wildman–Crippen MR) is 49.9 cm³/mol. The number of nitrogens with zero attached hydrogens (tertiary/aromatic N) is 2. The van der Waals surface area contributed by atoms with Crippen molar-refractivity contribution in [1.29, 1.82) is 0 Å². The average Bonchev–Trinajstić information content (AvgIpc) is 2.05. The minimum Gasteiger partial charge on any atom is -0.237 e. The molecule has 0 amide bonds. The van der Waals surface area contributed by atoms with Crippen molar-refractivity contribution in [3.8, 4) is 0 Å². The molecule has 3 heteroatoms. The third kappa shape index (κ3) is 1.49. The average molecular weight is 164 g/mol. The summed E-state index contributed by atoms with van der Waals surface area (Å²) in [5.74, 6) is 0. The van der Waals surface area contributed by atoms with Gasteiger partial charge >= 0.3 is 0 Å². The highest BCUT2D eigenvalue weighted by atomic mass is 32.1. The largest absolute Gasteiger partial charge is 0.237 e. The van der Waals surface area contributed by atoms with Crippen LogP contribution in [0.1, 0.15) is 0 Å². The number of rotatable bonds is 0. The van der Waals surface area contributed by atoms with Gasteiger partial charge in [-0.3, -0.25) is 0 Å². The Bertz CT molecular complexity index is 283. The third-order valence-electron chi connectivity index (χ3n) is 1.38. The lowest BCUT2D eigenvalue weighted by atomic mass is 10.3. The van der Waals surface area contributed by atoms with E-state index in [0.717, 1.165) is 11.0 Å². The summed E-state index contributed by atoms with van der Waals surface area (Å²) >= 11 is 0. The maximum Gasteiger partial charge on any atom is 0.159 e. The van der Waals surface area contributed by atoms with Crippen molar-refractivity contribution < 1.29 is 0 Å². The normalized spacial score (nSPS) is 9.09. The molecule has 0 radical (unpaired) electrons. The molecule has 56 valence electrons. The lowest BCUT2D eigenvalue weighted by Gasteiger charge is -1.90. The van der Waals surface area contributed by atoms with Gasteiger partial charge in [-0.05, 0) is 24.3 Å². The molecule has 0 atom stereocenters. The van der Waals surface area contributed by atoms with Gasteiger partial charge in [0.2, 0.25) is 0 Å². The molecule has 0 spiro atoms. The molecular formula is C8H8N2S. The lowest BCUT2D eigenvalue weighted by molar-refractivity contribution is 1.29. The molecule has 2 heterocycles. The van der Waals surface area contributed by atoms with Crippen LogP contribution in [0.5, 0.6) is 0 Å². The van der Waals surface area contributed by atoms with Crippen LogP contribution in [-0.4, -0.2) is 9.97 Å². The van der Waals surface area contributed by atoms with Crippen LogP contribution in [0.3, 0.4) is 0 Å². The Balaban J connectivity index is 0.000000605. The molecular weight excluding hydrogens is 156 g/mol. The predicted octanol–water partition coefficient (Wildman–Crippen LogP) is 1.74. The van der Waals surface area contributed by atoms with Crippen LogP contribution in [0.25, 0.3) is 11.0 Å². The van der Waals surface area contributed by atoms with Crippen LogP contribution < -0.4 is 0 Å². The zero-order chi connectivity index (χ0) is 6.81. The molecule has 2 aromatic rings. The first-order chi connectivity index (χ1) is 4.97. The number of pyridine rings is 2. The van der Waals surface area contributed by atoms with Crippen LogP contribution in [0.4, 0.5) is 0 Å². The highest BCUT2D eigenvalue weighted by Gasteiger charge is 1.88. The summed E-state index contributed by atoms with van der Waals surface area (Å²) in [7, 11) is 0. The van der Waals surface area contributed by atoms with Crippen LogP contribution >= 0.6 is 13.5 Å². The summed E-state index contributed by atoms with van der Waals surface area (Å²) in [5.41, 5.74) is 0.810. The molecule has 2 aromatic heterocycles. The van der Waals surface area contributed by atoms with Crippen LogP contribution in [0, 0.1) is 0 Å². The molecule has 2 rings (SSSR count). The van der Waals surface area contributed by atoms with Crippen molar-refractivity contribution in [2.24, 2.45) is 0 Å². The van der Waals surface area contributed by atoms with Crippen molar-refractivity contribution in [2.75, 3.05) is 0 Å². The molecule has 0 unspecified atom stereocenters. The van der Waals surface area contributed by atoms with Crippen LogP contribution in [0.2, 0.25) is 0 Å². The fourth-order valence-electron chi connectivity index (χ4n) is 0.908. The van der Waals surface area contributed by atoms with Gasteiger partial charge in [-0.15, -0.1) is 0 Å². The number of hydrogen-bond acceptors (Lipinski definition) is 2. The van der Waals surface area contributed by atoms with Gasteiger partial charge in [0.1, 0.15) is 0 Å². The summed E-state index contributed by atoms with van der Waals surface area (Å²) in [4.78, 5) is 8.14. The minimum atomic E-state index is 0. The van der Waals surface area contributed by atoms with Gasteiger partial charge < -0.3 is 0 Å². The van der Waals surface area contributed by atoms with Crippen LogP contribution in [-0.2, 0) is 0 Å². The van der Waals surface area contributed by atoms with E-state index in [4.69, 9.17) is 0 Å². The molecule has 0 aliphatic heterocycles. The summed E-state index contributed by atoms with van der Waals surface area (Å²) < 4.78 is 0. The molecule has 0 aliphatic carbocycles. The zero-order valence-electron chi connectivity index (χ0n) is 5.86. The highest BCUT2D eigenvalue weighted by Crippen LogP contribution is 2.04. The van der Waals surface area contributed by atoms with Crippen LogP contribution in [0.15, 0.2) is 36.7 Å². The summed E-state index contributed by atoms with van der Waals surface area (Å²) in [6.45, 7) is 0. The van der Waals surface area contributed by atoms with E-state index in [1.165, 1.54) is 0 Å². The fraction of sp³-hybridized carbons (Fsp3) is 0. The Kier molecular flexibility index (Phi) is 2.44. The second-order valence-corrected chi connectivity index (χ2v) is 2.05. The first-order valence-electron chi connectivity index (χ1n) is 3.12. The quantitative estimate of drug-likeness (QED) is 0.592. The van der Waals surface area contributed by atoms with E-state index < -0.39 is 0 Å². The second-order valence-electron chi connectivity index (χ2n) is 2.05. The van der Waals surface area contributed by atoms with Crippen molar-refractivity contribution in [1.82, 2.24) is 9.97 Å².